The fourth-order valence-electron chi connectivity index (χ4n) is 5.03. The van der Waals surface area contributed by atoms with Gasteiger partial charge >= 0.3 is 16.8 Å². The van der Waals surface area contributed by atoms with Crippen molar-refractivity contribution in [2.45, 2.75) is 130 Å². The Morgan fingerprint density at radius 3 is 1.15 bits per heavy atom. The van der Waals surface area contributed by atoms with Crippen LogP contribution in [0.5, 0.6) is 11.5 Å². The first kappa shape index (κ1) is 44.3. The van der Waals surface area contributed by atoms with Crippen molar-refractivity contribution in [3.05, 3.63) is 46.5 Å². The molecule has 0 atom stereocenters. The molecule has 2 aromatic carbocycles. The van der Waals surface area contributed by atoms with Gasteiger partial charge in [0.15, 0.2) is 0 Å². The minimum absolute atomic E-state index is 0. The van der Waals surface area contributed by atoms with E-state index in [-0.39, 0.29) is 40.7 Å². The van der Waals surface area contributed by atoms with E-state index >= 15 is 0 Å². The van der Waals surface area contributed by atoms with Crippen LogP contribution in [0, 0.1) is 0 Å². The predicted octanol–water partition coefficient (Wildman–Crippen LogP) is 4.79. The van der Waals surface area contributed by atoms with Gasteiger partial charge in [0.1, 0.15) is 11.5 Å². The summed E-state index contributed by atoms with van der Waals surface area (Å²) in [6.45, 7) is 24.6. The Hall–Kier alpha value is -2.74. The van der Waals surface area contributed by atoms with Gasteiger partial charge in [-0.1, -0.05) is 102 Å². The third-order valence-corrected chi connectivity index (χ3v) is 11.9. The van der Waals surface area contributed by atoms with E-state index in [1.165, 1.54) is 10.4 Å². The predicted molar refractivity (Wildman–Crippen MR) is 193 cm³/mol. The number of hydrogen-bond donors (Lipinski definition) is 2. The average molecular weight is 728 g/mol. The van der Waals surface area contributed by atoms with Crippen LogP contribution in [0.1, 0.15) is 101 Å². The molecule has 8 nitrogen and oxygen atoms in total. The molecule has 0 heterocycles. The molecule has 2 aromatic rings. The van der Waals surface area contributed by atoms with E-state index in [2.05, 4.69) is 91.2 Å². The number of aliphatic imine (C=N–C) groups is 2. The molecular formula is C36H56CoN2O6Si2. The van der Waals surface area contributed by atoms with Crippen molar-refractivity contribution in [1.82, 2.24) is 0 Å². The van der Waals surface area contributed by atoms with Gasteiger partial charge < -0.3 is 30.0 Å². The third-order valence-electron chi connectivity index (χ3n) is 7.83. The molecule has 11 heteroatoms. The van der Waals surface area contributed by atoms with Crippen LogP contribution < -0.4 is 20.6 Å². The van der Waals surface area contributed by atoms with Gasteiger partial charge in [-0.3, -0.25) is 9.98 Å². The second kappa shape index (κ2) is 19.3. The minimum Gasteiger partial charge on any atom is -0.550 e. The van der Waals surface area contributed by atoms with Gasteiger partial charge in [0.2, 0.25) is 0 Å². The molecule has 1 aliphatic carbocycles. The summed E-state index contributed by atoms with van der Waals surface area (Å²) in [7, 11) is -3.02. The second-order valence-electron chi connectivity index (χ2n) is 14.8. The molecule has 47 heavy (non-hydrogen) atoms. The van der Waals surface area contributed by atoms with Gasteiger partial charge in [-0.25, -0.2) is 0 Å². The Labute approximate surface area is 295 Å². The number of rotatable bonds is 8. The number of nitrogens with zero attached hydrogens (tertiary/aromatic N) is 2. The van der Waals surface area contributed by atoms with Crippen molar-refractivity contribution in [2.24, 2.45) is 9.98 Å². The van der Waals surface area contributed by atoms with E-state index in [0.717, 1.165) is 61.8 Å². The molecule has 0 spiro atoms. The number of carboxylic acid groups (broad SMARTS) is 2. The first-order valence-electron chi connectivity index (χ1n) is 16.2. The van der Waals surface area contributed by atoms with Gasteiger partial charge in [0.05, 0.1) is 28.2 Å². The minimum atomic E-state index is -1.51. The van der Waals surface area contributed by atoms with Crippen molar-refractivity contribution in [3.8, 4) is 11.5 Å². The van der Waals surface area contributed by atoms with E-state index in [1.807, 2.05) is 12.4 Å². The molecule has 0 aromatic heterocycles. The van der Waals surface area contributed by atoms with E-state index in [0.29, 0.717) is 11.5 Å². The summed E-state index contributed by atoms with van der Waals surface area (Å²) < 4.78 is 0. The van der Waals surface area contributed by atoms with Crippen molar-refractivity contribution in [1.29, 1.82) is 0 Å². The van der Waals surface area contributed by atoms with Crippen LogP contribution in [-0.4, -0.2) is 62.8 Å². The molecule has 0 bridgehead atoms. The second-order valence-corrected chi connectivity index (χ2v) is 25.0. The van der Waals surface area contributed by atoms with Crippen molar-refractivity contribution >= 4 is 50.9 Å². The van der Waals surface area contributed by atoms with E-state index in [9.17, 15) is 10.2 Å². The summed E-state index contributed by atoms with van der Waals surface area (Å²) in [4.78, 5) is 27.6. The zero-order valence-corrected chi connectivity index (χ0v) is 33.4. The van der Waals surface area contributed by atoms with E-state index in [4.69, 9.17) is 29.8 Å². The van der Waals surface area contributed by atoms with Crippen molar-refractivity contribution in [3.63, 3.8) is 0 Å². The summed E-state index contributed by atoms with van der Waals surface area (Å²) in [6.07, 6.45) is 7.77. The maximum Gasteiger partial charge on any atom is 2.00 e. The molecule has 0 amide bonds. The number of carbonyl (C=O) groups is 2. The maximum absolute atomic E-state index is 10.9. The fourth-order valence-corrected chi connectivity index (χ4v) is 7.39. The van der Waals surface area contributed by atoms with Gasteiger partial charge in [-0.05, 0) is 62.5 Å². The summed E-state index contributed by atoms with van der Waals surface area (Å²) in [5, 5.41) is 42.4. The number of hydrogen-bond acceptors (Lipinski definition) is 8. The van der Waals surface area contributed by atoms with Gasteiger partial charge in [-0.2, -0.15) is 0 Å². The molecule has 1 aliphatic rings. The van der Waals surface area contributed by atoms with Crippen LogP contribution in [0.2, 0.25) is 39.3 Å². The standard InChI is InChI=1S/C32H50N2O2Si2.2C2H4O2.Co/c1-21(2)29-17-27(37(5,6)7)15-23(31(29)35)19-33-25-11-13-26(14-12-25)34-20-24-16-28(38(8,9)10)18-30(22(3)4)32(24)36;2*1-2(3)4;/h15-22,25-26,35-36H,11-14H2,1-10H3;2*1H3,(H,3,4);/q;;;+2/p-2. The molecule has 3 rings (SSSR count). The summed E-state index contributed by atoms with van der Waals surface area (Å²) in [5.74, 6) is -0.862. The molecule has 263 valence electrons. The largest absolute Gasteiger partial charge is 2.00 e. The number of benzene rings is 2. The maximum atomic E-state index is 10.9. The quantitative estimate of drug-likeness (QED) is 0.296. The third kappa shape index (κ3) is 15.4. The Kier molecular flexibility index (Phi) is 18.2. The van der Waals surface area contributed by atoms with Gasteiger partial charge in [0, 0.05) is 35.5 Å². The molecule has 2 N–H and O–H groups in total. The number of carbonyl (C=O) groups excluding carboxylic acids is 2. The number of phenolic OH excluding ortho intramolecular Hbond substituents is 2. The molecular weight excluding hydrogens is 672 g/mol. The average Bonchev–Trinajstić information content (AvgIpc) is 2.90. The van der Waals surface area contributed by atoms with Gasteiger partial charge in [0.25, 0.3) is 0 Å². The summed E-state index contributed by atoms with van der Waals surface area (Å²) in [5.41, 5.74) is 3.75. The van der Waals surface area contributed by atoms with Crippen LogP contribution in [0.15, 0.2) is 34.3 Å². The van der Waals surface area contributed by atoms with E-state index in [1.54, 1.807) is 0 Å². The molecule has 1 radical (unpaired) electrons. The first-order valence-corrected chi connectivity index (χ1v) is 23.2. The van der Waals surface area contributed by atoms with Crippen molar-refractivity contribution < 1.29 is 46.8 Å². The van der Waals surface area contributed by atoms with Crippen molar-refractivity contribution in [2.75, 3.05) is 0 Å². The normalized spacial score (nSPS) is 16.7. The Morgan fingerprint density at radius 2 is 0.936 bits per heavy atom. The molecule has 1 fully saturated rings. The van der Waals surface area contributed by atoms with Crippen LogP contribution in [0.25, 0.3) is 0 Å². The summed E-state index contributed by atoms with van der Waals surface area (Å²) in [6, 6.07) is 9.23. The topological polar surface area (TPSA) is 145 Å². The first-order chi connectivity index (χ1) is 21.0. The number of aliphatic carboxylic acids is 2. The van der Waals surface area contributed by atoms with E-state index < -0.39 is 28.1 Å². The monoisotopic (exact) mass is 727 g/mol. The molecule has 0 saturated heterocycles. The molecule has 0 aliphatic heterocycles. The fraction of sp³-hybridized carbons (Fsp3) is 0.556. The van der Waals surface area contributed by atoms with Crippen LogP contribution in [0.4, 0.5) is 0 Å². The number of carboxylic acids is 2. The summed E-state index contributed by atoms with van der Waals surface area (Å²) >= 11 is 0. The Balaban J connectivity index is 0.00000211. The zero-order chi connectivity index (χ0) is 35.6. The Bertz CT molecular complexity index is 1270. The number of phenols is 2. The smallest absolute Gasteiger partial charge is 0.550 e. The SMILES string of the molecule is CC(=O)[O-].CC(=O)[O-].CC(C)c1cc([Si](C)(C)C)cc(C=NC2CCC(N=Cc3cc([Si](C)(C)C)cc(C(C)C)c3O)CC2)c1O.[Co+2]. The number of aromatic hydroxyl groups is 2. The van der Waals surface area contributed by atoms with Crippen LogP contribution in [-0.2, 0) is 26.4 Å². The Morgan fingerprint density at radius 1 is 0.681 bits per heavy atom. The zero-order valence-electron chi connectivity index (χ0n) is 30.4. The van der Waals surface area contributed by atoms with Gasteiger partial charge in [-0.15, -0.1) is 0 Å². The molecule has 1 saturated carbocycles. The van der Waals surface area contributed by atoms with Crippen LogP contribution in [0.3, 0.4) is 0 Å². The van der Waals surface area contributed by atoms with Crippen LogP contribution >= 0.6 is 0 Å². The molecule has 0 unspecified atom stereocenters.